The molecular formula is C23H17FN6O2. The lowest BCUT2D eigenvalue weighted by Crippen LogP contribution is -2.11. The Morgan fingerprint density at radius 1 is 1.06 bits per heavy atom. The molecule has 0 unspecified atom stereocenters. The molecule has 0 saturated carbocycles. The summed E-state index contributed by atoms with van der Waals surface area (Å²) in [6.45, 7) is 1.82. The predicted octanol–water partition coefficient (Wildman–Crippen LogP) is 3.53. The molecule has 1 amide bonds. The molecule has 0 spiro atoms. The summed E-state index contributed by atoms with van der Waals surface area (Å²) in [4.78, 5) is 24.2. The van der Waals surface area contributed by atoms with Crippen molar-refractivity contribution in [2.75, 3.05) is 0 Å². The van der Waals surface area contributed by atoms with Crippen LogP contribution in [-0.2, 0) is 0 Å². The molecule has 8 nitrogen and oxygen atoms in total. The van der Waals surface area contributed by atoms with E-state index in [0.717, 1.165) is 5.82 Å². The second kappa shape index (κ2) is 7.31. The van der Waals surface area contributed by atoms with Crippen molar-refractivity contribution < 1.29 is 14.3 Å². The maximum Gasteiger partial charge on any atom is 0.248 e. The Labute approximate surface area is 181 Å². The molecular weight excluding hydrogens is 411 g/mol. The van der Waals surface area contributed by atoms with Crippen molar-refractivity contribution in [1.29, 1.82) is 0 Å². The van der Waals surface area contributed by atoms with Gasteiger partial charge in [-0.3, -0.25) is 9.36 Å². The predicted molar refractivity (Wildman–Crippen MR) is 116 cm³/mol. The van der Waals surface area contributed by atoms with Gasteiger partial charge in [0.15, 0.2) is 5.75 Å². The van der Waals surface area contributed by atoms with Gasteiger partial charge in [0, 0.05) is 34.9 Å². The van der Waals surface area contributed by atoms with Crippen molar-refractivity contribution >= 4 is 16.9 Å². The number of carbonyl (C=O) groups is 1. The minimum Gasteiger partial charge on any atom is -0.504 e. The van der Waals surface area contributed by atoms with Crippen molar-refractivity contribution in [3.05, 3.63) is 84.6 Å². The van der Waals surface area contributed by atoms with E-state index in [1.54, 1.807) is 57.9 Å². The zero-order valence-corrected chi connectivity index (χ0v) is 16.9. The molecule has 5 rings (SSSR count). The Morgan fingerprint density at radius 2 is 1.88 bits per heavy atom. The maximum atomic E-state index is 15.1. The van der Waals surface area contributed by atoms with Crippen molar-refractivity contribution in [1.82, 2.24) is 24.1 Å². The number of halogens is 1. The van der Waals surface area contributed by atoms with Crippen LogP contribution in [0.1, 0.15) is 16.2 Å². The molecule has 0 bridgehead atoms. The van der Waals surface area contributed by atoms with E-state index >= 15 is 4.39 Å². The number of aromatic nitrogens is 5. The molecule has 0 aliphatic rings. The second-order valence-corrected chi connectivity index (χ2v) is 7.23. The van der Waals surface area contributed by atoms with Gasteiger partial charge in [-0.05, 0) is 43.3 Å². The molecule has 5 aromatic rings. The number of hydrogen-bond donors (Lipinski definition) is 2. The largest absolute Gasteiger partial charge is 0.504 e. The van der Waals surface area contributed by atoms with Gasteiger partial charge in [0.25, 0.3) is 0 Å². The SMILES string of the molecule is Cc1nccn1-c1ccc(-c2ncc3ncn(-c4cccc(C(N)=O)c4)c3c2O)c(F)c1. The van der Waals surface area contributed by atoms with Crippen LogP contribution >= 0.6 is 0 Å². The van der Waals surface area contributed by atoms with Gasteiger partial charge in [0.2, 0.25) is 5.91 Å². The average molecular weight is 428 g/mol. The van der Waals surface area contributed by atoms with Crippen molar-refractivity contribution in [2.24, 2.45) is 5.73 Å². The zero-order chi connectivity index (χ0) is 22.4. The number of nitrogens with two attached hydrogens (primary N) is 1. The lowest BCUT2D eigenvalue weighted by molar-refractivity contribution is 0.1000. The second-order valence-electron chi connectivity index (χ2n) is 7.23. The highest BCUT2D eigenvalue weighted by Gasteiger charge is 2.19. The van der Waals surface area contributed by atoms with Gasteiger partial charge in [-0.2, -0.15) is 0 Å². The number of hydrogen-bond acceptors (Lipinski definition) is 5. The fraction of sp³-hybridized carbons (Fsp3) is 0.0435. The number of aromatic hydroxyl groups is 1. The molecule has 3 aromatic heterocycles. The average Bonchev–Trinajstić information content (AvgIpc) is 3.41. The zero-order valence-electron chi connectivity index (χ0n) is 16.9. The molecule has 9 heteroatoms. The number of pyridine rings is 1. The summed E-state index contributed by atoms with van der Waals surface area (Å²) in [6, 6.07) is 11.3. The van der Waals surface area contributed by atoms with Gasteiger partial charge < -0.3 is 15.4 Å². The fourth-order valence-electron chi connectivity index (χ4n) is 3.69. The molecule has 0 atom stereocenters. The van der Waals surface area contributed by atoms with Gasteiger partial charge in [-0.25, -0.2) is 19.3 Å². The van der Waals surface area contributed by atoms with E-state index in [0.29, 0.717) is 28.0 Å². The molecule has 32 heavy (non-hydrogen) atoms. The third-order valence-electron chi connectivity index (χ3n) is 5.28. The molecule has 0 aliphatic heterocycles. The minimum absolute atomic E-state index is 0.0803. The number of rotatable bonds is 4. The van der Waals surface area contributed by atoms with Crippen LogP contribution in [-0.4, -0.2) is 35.1 Å². The number of nitrogens with zero attached hydrogens (tertiary/aromatic N) is 5. The van der Waals surface area contributed by atoms with Crippen LogP contribution < -0.4 is 5.73 Å². The Bertz CT molecular complexity index is 1500. The molecule has 2 aromatic carbocycles. The number of fused-ring (bicyclic) bond motifs is 1. The van der Waals surface area contributed by atoms with Gasteiger partial charge in [-0.1, -0.05) is 6.07 Å². The Hall–Kier alpha value is -4.53. The number of imidazole rings is 2. The summed E-state index contributed by atoms with van der Waals surface area (Å²) in [5, 5.41) is 11.0. The first kappa shape index (κ1) is 19.4. The van der Waals surface area contributed by atoms with Crippen LogP contribution in [0.3, 0.4) is 0 Å². The van der Waals surface area contributed by atoms with Crippen LogP contribution in [0.5, 0.6) is 5.75 Å². The smallest absolute Gasteiger partial charge is 0.248 e. The molecule has 0 radical (unpaired) electrons. The van der Waals surface area contributed by atoms with Crippen LogP contribution in [0, 0.1) is 12.7 Å². The van der Waals surface area contributed by atoms with E-state index in [1.165, 1.54) is 18.6 Å². The minimum atomic E-state index is -0.571. The highest BCUT2D eigenvalue weighted by molar-refractivity contribution is 5.94. The van der Waals surface area contributed by atoms with Crippen LogP contribution in [0.2, 0.25) is 0 Å². The molecule has 3 N–H and O–H groups in total. The van der Waals surface area contributed by atoms with E-state index in [2.05, 4.69) is 15.0 Å². The fourth-order valence-corrected chi connectivity index (χ4v) is 3.69. The van der Waals surface area contributed by atoms with E-state index in [1.807, 2.05) is 6.92 Å². The lowest BCUT2D eigenvalue weighted by Gasteiger charge is -2.11. The van der Waals surface area contributed by atoms with Gasteiger partial charge >= 0.3 is 0 Å². The molecule has 3 heterocycles. The van der Waals surface area contributed by atoms with E-state index < -0.39 is 11.7 Å². The maximum absolute atomic E-state index is 15.1. The summed E-state index contributed by atoms with van der Waals surface area (Å²) in [5.41, 5.74) is 7.85. The first-order valence-corrected chi connectivity index (χ1v) is 9.69. The Kier molecular flexibility index (Phi) is 4.44. The molecule has 0 saturated heterocycles. The highest BCUT2D eigenvalue weighted by atomic mass is 19.1. The topological polar surface area (TPSA) is 112 Å². The summed E-state index contributed by atoms with van der Waals surface area (Å²) in [7, 11) is 0. The molecule has 0 fully saturated rings. The summed E-state index contributed by atoms with van der Waals surface area (Å²) < 4.78 is 18.4. The lowest BCUT2D eigenvalue weighted by atomic mass is 10.1. The standard InChI is InChI=1S/C23H17FN6O2/c1-13-26-7-8-29(13)16-5-6-17(18(24)10-16)20-22(31)21-19(11-27-20)28-12-30(21)15-4-2-3-14(9-15)23(25)32/h2-12,31H,1H3,(H2,25,32). The first-order chi connectivity index (χ1) is 15.4. The Balaban J connectivity index is 1.65. The summed E-state index contributed by atoms with van der Waals surface area (Å²) in [5.74, 6) is -0.616. The quantitative estimate of drug-likeness (QED) is 0.455. The number of amides is 1. The van der Waals surface area contributed by atoms with E-state index in [4.69, 9.17) is 5.73 Å². The van der Waals surface area contributed by atoms with Crippen molar-refractivity contribution in [3.8, 4) is 28.4 Å². The monoisotopic (exact) mass is 428 g/mol. The van der Waals surface area contributed by atoms with Gasteiger partial charge in [0.05, 0.1) is 6.20 Å². The third kappa shape index (κ3) is 3.07. The molecule has 158 valence electrons. The number of benzene rings is 2. The van der Waals surface area contributed by atoms with E-state index in [-0.39, 0.29) is 17.0 Å². The number of aryl methyl sites for hydroxylation is 1. The summed E-state index contributed by atoms with van der Waals surface area (Å²) >= 11 is 0. The van der Waals surface area contributed by atoms with Gasteiger partial charge in [0.1, 0.15) is 34.7 Å². The van der Waals surface area contributed by atoms with Gasteiger partial charge in [-0.15, -0.1) is 0 Å². The van der Waals surface area contributed by atoms with Crippen molar-refractivity contribution in [2.45, 2.75) is 6.92 Å². The van der Waals surface area contributed by atoms with Crippen LogP contribution in [0.4, 0.5) is 4.39 Å². The third-order valence-corrected chi connectivity index (χ3v) is 5.28. The summed E-state index contributed by atoms with van der Waals surface area (Å²) in [6.07, 6.45) is 6.34. The normalized spacial score (nSPS) is 11.2. The highest BCUT2D eigenvalue weighted by Crippen LogP contribution is 2.36. The van der Waals surface area contributed by atoms with Crippen molar-refractivity contribution in [3.63, 3.8) is 0 Å². The van der Waals surface area contributed by atoms with Crippen LogP contribution in [0.15, 0.2) is 67.4 Å². The number of primary amides is 1. The Morgan fingerprint density at radius 3 is 2.59 bits per heavy atom. The first-order valence-electron chi connectivity index (χ1n) is 9.69. The number of carbonyl (C=O) groups excluding carboxylic acids is 1. The van der Waals surface area contributed by atoms with Crippen LogP contribution in [0.25, 0.3) is 33.7 Å². The molecule has 0 aliphatic carbocycles. The van der Waals surface area contributed by atoms with E-state index in [9.17, 15) is 9.90 Å².